The standard InChI is InChI=1S/C23H32N4O9/c1-12(2)19(24)22(34)25-14(8-9-17(28)29)20(32)26-15(10-13-6-4-3-5-7-13)21(33)27-16(23(35)36)11-18(30)31/h3-7,12,14-16,19H,8-11,24H2,1-2H3,(H,25,34)(H,26,32)(H,27,33)(H,28,29)(H,30,31)(H,35,36)/t14-,15-,16-,19-/m0/s1. The fourth-order valence-corrected chi connectivity index (χ4v) is 3.09. The summed E-state index contributed by atoms with van der Waals surface area (Å²) in [4.78, 5) is 71.8. The number of nitrogens with two attached hydrogens (primary N) is 1. The summed E-state index contributed by atoms with van der Waals surface area (Å²) in [5.74, 6) is -7.07. The normalized spacial score (nSPS) is 14.1. The Morgan fingerprint density at radius 2 is 1.31 bits per heavy atom. The number of amides is 3. The first-order valence-corrected chi connectivity index (χ1v) is 11.2. The topological polar surface area (TPSA) is 225 Å². The van der Waals surface area contributed by atoms with Gasteiger partial charge >= 0.3 is 17.9 Å². The zero-order valence-corrected chi connectivity index (χ0v) is 20.0. The highest BCUT2D eigenvalue weighted by Crippen LogP contribution is 2.08. The molecule has 36 heavy (non-hydrogen) atoms. The third-order valence-corrected chi connectivity index (χ3v) is 5.21. The Kier molecular flexibility index (Phi) is 12.0. The van der Waals surface area contributed by atoms with Gasteiger partial charge in [0.25, 0.3) is 0 Å². The molecule has 0 aromatic heterocycles. The first-order valence-electron chi connectivity index (χ1n) is 11.2. The van der Waals surface area contributed by atoms with Crippen molar-refractivity contribution in [1.82, 2.24) is 16.0 Å². The summed E-state index contributed by atoms with van der Waals surface area (Å²) in [7, 11) is 0. The minimum absolute atomic E-state index is 0.0943. The van der Waals surface area contributed by atoms with Crippen LogP contribution in [0, 0.1) is 5.92 Å². The largest absolute Gasteiger partial charge is 0.481 e. The van der Waals surface area contributed by atoms with Gasteiger partial charge in [-0.15, -0.1) is 0 Å². The van der Waals surface area contributed by atoms with Gasteiger partial charge in [-0.3, -0.25) is 24.0 Å². The summed E-state index contributed by atoms with van der Waals surface area (Å²) in [6.07, 6.45) is -1.75. The molecule has 0 aliphatic rings. The molecule has 8 N–H and O–H groups in total. The molecule has 13 heteroatoms. The van der Waals surface area contributed by atoms with E-state index < -0.39 is 72.6 Å². The van der Waals surface area contributed by atoms with E-state index in [0.717, 1.165) is 0 Å². The van der Waals surface area contributed by atoms with Gasteiger partial charge < -0.3 is 37.0 Å². The van der Waals surface area contributed by atoms with Gasteiger partial charge in [-0.25, -0.2) is 4.79 Å². The van der Waals surface area contributed by atoms with Crippen LogP contribution in [0.15, 0.2) is 30.3 Å². The van der Waals surface area contributed by atoms with E-state index in [9.17, 15) is 33.9 Å². The van der Waals surface area contributed by atoms with Crippen LogP contribution in [0.2, 0.25) is 0 Å². The van der Waals surface area contributed by atoms with Gasteiger partial charge in [-0.2, -0.15) is 0 Å². The van der Waals surface area contributed by atoms with Gasteiger partial charge in [0.1, 0.15) is 18.1 Å². The van der Waals surface area contributed by atoms with Gasteiger partial charge in [-0.05, 0) is 17.9 Å². The van der Waals surface area contributed by atoms with E-state index in [2.05, 4.69) is 16.0 Å². The predicted molar refractivity (Wildman–Crippen MR) is 126 cm³/mol. The second kappa shape index (κ2) is 14.4. The number of carbonyl (C=O) groups is 6. The summed E-state index contributed by atoms with van der Waals surface area (Å²) >= 11 is 0. The quantitative estimate of drug-likeness (QED) is 0.154. The van der Waals surface area contributed by atoms with E-state index in [1.165, 1.54) is 0 Å². The van der Waals surface area contributed by atoms with Crippen molar-refractivity contribution in [2.75, 3.05) is 0 Å². The molecule has 0 aliphatic carbocycles. The van der Waals surface area contributed by atoms with Crippen molar-refractivity contribution in [3.63, 3.8) is 0 Å². The summed E-state index contributed by atoms with van der Waals surface area (Å²) in [5.41, 5.74) is 6.40. The number of carboxylic acid groups (broad SMARTS) is 3. The molecule has 1 aromatic carbocycles. The maximum absolute atomic E-state index is 13.0. The summed E-state index contributed by atoms with van der Waals surface area (Å²) in [5, 5.41) is 34.1. The van der Waals surface area contributed by atoms with Crippen LogP contribution in [0.1, 0.15) is 38.7 Å². The second-order valence-corrected chi connectivity index (χ2v) is 8.51. The van der Waals surface area contributed by atoms with Crippen molar-refractivity contribution in [3.05, 3.63) is 35.9 Å². The zero-order valence-electron chi connectivity index (χ0n) is 20.0. The van der Waals surface area contributed by atoms with E-state index in [1.807, 2.05) is 0 Å². The minimum Gasteiger partial charge on any atom is -0.481 e. The lowest BCUT2D eigenvalue weighted by atomic mass is 10.0. The highest BCUT2D eigenvalue weighted by atomic mass is 16.4. The molecule has 1 aromatic rings. The molecular formula is C23H32N4O9. The average molecular weight is 509 g/mol. The lowest BCUT2D eigenvalue weighted by Gasteiger charge is -2.25. The summed E-state index contributed by atoms with van der Waals surface area (Å²) in [6.45, 7) is 3.37. The number of nitrogens with one attached hydrogen (secondary N) is 3. The number of carbonyl (C=O) groups excluding carboxylic acids is 3. The Morgan fingerprint density at radius 3 is 1.81 bits per heavy atom. The van der Waals surface area contributed by atoms with Gasteiger partial charge in [-0.1, -0.05) is 44.2 Å². The molecule has 198 valence electrons. The van der Waals surface area contributed by atoms with Crippen molar-refractivity contribution in [2.24, 2.45) is 11.7 Å². The number of hydrogen-bond acceptors (Lipinski definition) is 7. The van der Waals surface area contributed by atoms with Crippen LogP contribution in [-0.2, 0) is 35.2 Å². The predicted octanol–water partition coefficient (Wildman–Crippen LogP) is -0.909. The molecular weight excluding hydrogens is 476 g/mol. The molecule has 0 saturated carbocycles. The molecule has 4 atom stereocenters. The van der Waals surface area contributed by atoms with Crippen molar-refractivity contribution < 1.29 is 44.1 Å². The highest BCUT2D eigenvalue weighted by Gasteiger charge is 2.31. The Labute approximate surface area is 207 Å². The van der Waals surface area contributed by atoms with E-state index in [1.54, 1.807) is 44.2 Å². The lowest BCUT2D eigenvalue weighted by Crippen LogP contribution is -2.58. The first-order chi connectivity index (χ1) is 16.8. The highest BCUT2D eigenvalue weighted by molar-refractivity contribution is 5.95. The van der Waals surface area contributed by atoms with E-state index in [4.69, 9.17) is 15.9 Å². The van der Waals surface area contributed by atoms with Gasteiger partial charge in [0.05, 0.1) is 12.5 Å². The van der Waals surface area contributed by atoms with Crippen LogP contribution in [0.25, 0.3) is 0 Å². The molecule has 0 radical (unpaired) electrons. The third-order valence-electron chi connectivity index (χ3n) is 5.21. The summed E-state index contributed by atoms with van der Waals surface area (Å²) in [6, 6.07) is 2.96. The van der Waals surface area contributed by atoms with E-state index >= 15 is 0 Å². The van der Waals surface area contributed by atoms with Crippen LogP contribution < -0.4 is 21.7 Å². The number of carboxylic acids is 3. The number of hydrogen-bond donors (Lipinski definition) is 7. The summed E-state index contributed by atoms with van der Waals surface area (Å²) < 4.78 is 0. The lowest BCUT2D eigenvalue weighted by molar-refractivity contribution is -0.147. The van der Waals surface area contributed by atoms with Crippen molar-refractivity contribution in [2.45, 2.75) is 63.7 Å². The fourth-order valence-electron chi connectivity index (χ4n) is 3.09. The first kappa shape index (κ1) is 30.0. The molecule has 1 rings (SSSR count). The van der Waals surface area contributed by atoms with Gasteiger partial charge in [0.15, 0.2) is 0 Å². The number of aliphatic carboxylic acids is 3. The molecule has 0 fully saturated rings. The SMILES string of the molecule is CC(C)[C@H](N)C(=O)N[C@@H](CCC(=O)O)C(=O)N[C@@H](Cc1ccccc1)C(=O)N[C@@H](CC(=O)O)C(=O)O. The fraction of sp³-hybridized carbons (Fsp3) is 0.478. The molecule has 0 spiro atoms. The van der Waals surface area contributed by atoms with Crippen molar-refractivity contribution in [1.29, 1.82) is 0 Å². The molecule has 0 bridgehead atoms. The van der Waals surface area contributed by atoms with E-state index in [-0.39, 0.29) is 18.8 Å². The van der Waals surface area contributed by atoms with Crippen LogP contribution in [-0.4, -0.2) is 75.1 Å². The Bertz CT molecular complexity index is 952. The number of benzene rings is 1. The van der Waals surface area contributed by atoms with Crippen LogP contribution >= 0.6 is 0 Å². The minimum atomic E-state index is -1.75. The Balaban J connectivity index is 3.16. The maximum Gasteiger partial charge on any atom is 0.326 e. The molecule has 3 amide bonds. The Hall–Kier alpha value is -4.00. The zero-order chi connectivity index (χ0) is 27.4. The maximum atomic E-state index is 13.0. The monoisotopic (exact) mass is 508 g/mol. The smallest absolute Gasteiger partial charge is 0.326 e. The van der Waals surface area contributed by atoms with Gasteiger partial charge in [0, 0.05) is 12.8 Å². The van der Waals surface area contributed by atoms with Gasteiger partial charge in [0.2, 0.25) is 17.7 Å². The molecule has 13 nitrogen and oxygen atoms in total. The van der Waals surface area contributed by atoms with Crippen molar-refractivity contribution in [3.8, 4) is 0 Å². The molecule has 0 aliphatic heterocycles. The third kappa shape index (κ3) is 10.5. The second-order valence-electron chi connectivity index (χ2n) is 8.51. The number of rotatable bonds is 15. The Morgan fingerprint density at radius 1 is 0.778 bits per heavy atom. The van der Waals surface area contributed by atoms with Crippen LogP contribution in [0.5, 0.6) is 0 Å². The molecule has 0 unspecified atom stereocenters. The van der Waals surface area contributed by atoms with E-state index in [0.29, 0.717) is 5.56 Å². The molecule has 0 saturated heterocycles. The van der Waals surface area contributed by atoms with Crippen LogP contribution in [0.3, 0.4) is 0 Å². The van der Waals surface area contributed by atoms with Crippen molar-refractivity contribution >= 4 is 35.6 Å². The molecule has 0 heterocycles. The average Bonchev–Trinajstić information content (AvgIpc) is 2.80. The van der Waals surface area contributed by atoms with Crippen LogP contribution in [0.4, 0.5) is 0 Å².